The lowest BCUT2D eigenvalue weighted by molar-refractivity contribution is -0.0333. The topological polar surface area (TPSA) is 62.6 Å². The number of carbonyl (C=O) groups is 1. The Balaban J connectivity index is 1.85. The molecule has 0 spiro atoms. The van der Waals surface area contributed by atoms with Crippen molar-refractivity contribution >= 4 is 5.97 Å². The van der Waals surface area contributed by atoms with Gasteiger partial charge in [0.1, 0.15) is 0 Å². The second-order valence-corrected chi connectivity index (χ2v) is 6.39. The monoisotopic (exact) mass is 374 g/mol. The first kappa shape index (κ1) is 21.1. The molecule has 148 valence electrons. The summed E-state index contributed by atoms with van der Waals surface area (Å²) in [4.78, 5) is 15.8. The van der Waals surface area contributed by atoms with E-state index >= 15 is 0 Å². The summed E-state index contributed by atoms with van der Waals surface area (Å²) in [6.07, 6.45) is 8.82. The first-order chi connectivity index (χ1) is 13.2. The van der Waals surface area contributed by atoms with Crippen molar-refractivity contribution in [2.45, 2.75) is 52.4 Å². The molecule has 0 aliphatic heterocycles. The van der Waals surface area contributed by atoms with Crippen molar-refractivity contribution in [1.82, 2.24) is 9.55 Å². The molecule has 1 aromatic carbocycles. The number of carbonyl (C=O) groups excluding carboxylic acids is 1. The van der Waals surface area contributed by atoms with Gasteiger partial charge in [-0.1, -0.05) is 31.9 Å². The maximum atomic E-state index is 11.7. The zero-order chi connectivity index (χ0) is 19.3. The van der Waals surface area contributed by atoms with E-state index in [1.165, 1.54) is 12.8 Å². The Hall–Kier alpha value is -2.18. The number of hydrogen-bond acceptors (Lipinski definition) is 5. The zero-order valence-corrected chi connectivity index (χ0v) is 16.3. The van der Waals surface area contributed by atoms with Crippen molar-refractivity contribution in [3.05, 3.63) is 54.1 Å². The summed E-state index contributed by atoms with van der Waals surface area (Å²) in [5.41, 5.74) is 1.56. The Morgan fingerprint density at radius 3 is 2.67 bits per heavy atom. The summed E-state index contributed by atoms with van der Waals surface area (Å²) in [7, 11) is 0. The van der Waals surface area contributed by atoms with Crippen LogP contribution in [-0.4, -0.2) is 41.4 Å². The third-order valence-corrected chi connectivity index (χ3v) is 4.12. The van der Waals surface area contributed by atoms with Crippen LogP contribution >= 0.6 is 0 Å². The lowest BCUT2D eigenvalue weighted by atomic mass is 10.1. The Morgan fingerprint density at radius 2 is 2.00 bits per heavy atom. The highest BCUT2D eigenvalue weighted by Gasteiger charge is 2.12. The predicted octanol–water partition coefficient (Wildman–Crippen LogP) is 3.85. The van der Waals surface area contributed by atoms with Crippen molar-refractivity contribution in [3.8, 4) is 0 Å². The molecule has 0 amide bonds. The van der Waals surface area contributed by atoms with E-state index < -0.39 is 0 Å². The minimum atomic E-state index is -0.302. The normalized spacial score (nSPS) is 12.1. The van der Waals surface area contributed by atoms with E-state index in [0.29, 0.717) is 31.9 Å². The summed E-state index contributed by atoms with van der Waals surface area (Å²) < 4.78 is 18.9. The summed E-state index contributed by atoms with van der Waals surface area (Å²) >= 11 is 0. The van der Waals surface area contributed by atoms with Crippen molar-refractivity contribution in [3.63, 3.8) is 0 Å². The highest BCUT2D eigenvalue weighted by Crippen LogP contribution is 2.10. The summed E-state index contributed by atoms with van der Waals surface area (Å²) in [6.45, 7) is 6.80. The van der Waals surface area contributed by atoms with Gasteiger partial charge in [0.15, 0.2) is 0 Å². The van der Waals surface area contributed by atoms with Gasteiger partial charge in [0, 0.05) is 19.0 Å². The van der Waals surface area contributed by atoms with Crippen LogP contribution in [-0.2, 0) is 27.4 Å². The molecule has 1 aromatic heterocycles. The number of benzene rings is 1. The Labute approximate surface area is 161 Å². The summed E-state index contributed by atoms with van der Waals surface area (Å²) in [6, 6.07) is 7.32. The molecule has 1 heterocycles. The molecule has 2 aromatic rings. The Bertz CT molecular complexity index is 641. The predicted molar refractivity (Wildman–Crippen MR) is 104 cm³/mol. The smallest absolute Gasteiger partial charge is 0.338 e. The molecule has 6 nitrogen and oxygen atoms in total. The molecule has 0 bridgehead atoms. The van der Waals surface area contributed by atoms with Crippen LogP contribution in [0.1, 0.15) is 49.0 Å². The molecule has 0 saturated heterocycles. The molecule has 0 aliphatic carbocycles. The lowest BCUT2D eigenvalue weighted by Crippen LogP contribution is -2.25. The largest absolute Gasteiger partial charge is 0.462 e. The third-order valence-electron chi connectivity index (χ3n) is 4.12. The Morgan fingerprint density at radius 1 is 1.19 bits per heavy atom. The number of imidazole rings is 1. The van der Waals surface area contributed by atoms with Crippen molar-refractivity contribution in [1.29, 1.82) is 0 Å². The minimum absolute atomic E-state index is 0.0643. The number of ether oxygens (including phenoxy) is 3. The van der Waals surface area contributed by atoms with E-state index in [1.54, 1.807) is 31.6 Å². The molecule has 1 unspecified atom stereocenters. The van der Waals surface area contributed by atoms with Gasteiger partial charge < -0.3 is 18.8 Å². The van der Waals surface area contributed by atoms with Crippen molar-refractivity contribution < 1.29 is 19.0 Å². The standard InChI is InChI=1S/C21H30N2O4/c1-3-5-6-13-25-16-20(14-23-12-11-22-17-23)27-15-18-7-9-19(10-8-18)21(24)26-4-2/h7-12,17,20H,3-6,13-16H2,1-2H3. The fourth-order valence-corrected chi connectivity index (χ4v) is 2.62. The number of hydrogen-bond donors (Lipinski definition) is 0. The van der Waals surface area contributed by atoms with Gasteiger partial charge in [0.05, 0.1) is 44.4 Å². The van der Waals surface area contributed by atoms with Crippen LogP contribution in [0.5, 0.6) is 0 Å². The molecule has 0 N–H and O–H groups in total. The van der Waals surface area contributed by atoms with Gasteiger partial charge in [-0.25, -0.2) is 9.78 Å². The van der Waals surface area contributed by atoms with E-state index in [9.17, 15) is 4.79 Å². The van der Waals surface area contributed by atoms with Gasteiger partial charge in [-0.2, -0.15) is 0 Å². The molecule has 0 aliphatic rings. The molecule has 6 heteroatoms. The van der Waals surface area contributed by atoms with Crippen LogP contribution in [0, 0.1) is 0 Å². The van der Waals surface area contributed by atoms with Crippen LogP contribution in [0.3, 0.4) is 0 Å². The van der Waals surface area contributed by atoms with Crippen LogP contribution < -0.4 is 0 Å². The van der Waals surface area contributed by atoms with Crippen LogP contribution in [0.15, 0.2) is 43.0 Å². The number of esters is 1. The lowest BCUT2D eigenvalue weighted by Gasteiger charge is -2.19. The van der Waals surface area contributed by atoms with E-state index in [0.717, 1.165) is 18.6 Å². The number of aromatic nitrogens is 2. The molecular formula is C21H30N2O4. The zero-order valence-electron chi connectivity index (χ0n) is 16.3. The van der Waals surface area contributed by atoms with Crippen molar-refractivity contribution in [2.24, 2.45) is 0 Å². The average molecular weight is 374 g/mol. The molecule has 0 saturated carbocycles. The van der Waals surface area contributed by atoms with Gasteiger partial charge in [-0.15, -0.1) is 0 Å². The maximum absolute atomic E-state index is 11.7. The third kappa shape index (κ3) is 7.93. The van der Waals surface area contributed by atoms with Crippen LogP contribution in [0.4, 0.5) is 0 Å². The molecule has 2 rings (SSSR count). The van der Waals surface area contributed by atoms with Crippen LogP contribution in [0.25, 0.3) is 0 Å². The number of nitrogens with zero attached hydrogens (tertiary/aromatic N) is 2. The first-order valence-corrected chi connectivity index (χ1v) is 9.64. The molecule has 0 fully saturated rings. The second kappa shape index (κ2) is 12.3. The minimum Gasteiger partial charge on any atom is -0.462 e. The SMILES string of the molecule is CCCCCOCC(Cn1ccnc1)OCc1ccc(C(=O)OCC)cc1. The van der Waals surface area contributed by atoms with Gasteiger partial charge in [0.25, 0.3) is 0 Å². The van der Waals surface area contributed by atoms with Crippen molar-refractivity contribution in [2.75, 3.05) is 19.8 Å². The molecule has 27 heavy (non-hydrogen) atoms. The highest BCUT2D eigenvalue weighted by molar-refractivity contribution is 5.89. The fraction of sp³-hybridized carbons (Fsp3) is 0.524. The number of unbranched alkanes of at least 4 members (excludes halogenated alkanes) is 2. The fourth-order valence-electron chi connectivity index (χ4n) is 2.62. The van der Waals surface area contributed by atoms with E-state index in [4.69, 9.17) is 14.2 Å². The van der Waals surface area contributed by atoms with Gasteiger partial charge >= 0.3 is 5.97 Å². The average Bonchev–Trinajstić information content (AvgIpc) is 3.19. The molecule has 0 radical (unpaired) electrons. The quantitative estimate of drug-likeness (QED) is 0.394. The molecule has 1 atom stereocenters. The van der Waals surface area contributed by atoms with Gasteiger partial charge in [0.2, 0.25) is 0 Å². The molecular weight excluding hydrogens is 344 g/mol. The summed E-state index contributed by atoms with van der Waals surface area (Å²) in [5, 5.41) is 0. The van der Waals surface area contributed by atoms with E-state index in [-0.39, 0.29) is 12.1 Å². The maximum Gasteiger partial charge on any atom is 0.338 e. The Kier molecular flexibility index (Phi) is 9.58. The van der Waals surface area contributed by atoms with Gasteiger partial charge in [-0.3, -0.25) is 0 Å². The number of rotatable bonds is 13. The highest BCUT2D eigenvalue weighted by atomic mass is 16.5. The first-order valence-electron chi connectivity index (χ1n) is 9.64. The van der Waals surface area contributed by atoms with Gasteiger partial charge in [-0.05, 0) is 31.0 Å². The van der Waals surface area contributed by atoms with E-state index in [1.807, 2.05) is 22.9 Å². The van der Waals surface area contributed by atoms with E-state index in [2.05, 4.69) is 11.9 Å². The summed E-state index contributed by atoms with van der Waals surface area (Å²) in [5.74, 6) is -0.302. The van der Waals surface area contributed by atoms with Crippen LogP contribution in [0.2, 0.25) is 0 Å². The second-order valence-electron chi connectivity index (χ2n) is 6.39.